The minimum absolute atomic E-state index is 0.105. The number of thiophene rings is 1. The third-order valence-electron chi connectivity index (χ3n) is 4.69. The van der Waals surface area contributed by atoms with Crippen molar-refractivity contribution in [3.8, 4) is 22.4 Å². The van der Waals surface area contributed by atoms with Gasteiger partial charge in [0.2, 0.25) is 0 Å². The number of anilines is 1. The maximum atomic E-state index is 4.89. The summed E-state index contributed by atoms with van der Waals surface area (Å²) >= 11 is 1.64. The van der Waals surface area contributed by atoms with E-state index in [0.717, 1.165) is 38.9 Å². The molecular weight excluding hydrogens is 402 g/mol. The fourth-order valence-corrected chi connectivity index (χ4v) is 4.84. The minimum Gasteiger partial charge on any atom is -0.364 e. The van der Waals surface area contributed by atoms with E-state index < -0.39 is 0 Å². The first-order valence-electron chi connectivity index (χ1n) is 10.3. The molecule has 4 aromatic rings. The van der Waals surface area contributed by atoms with Gasteiger partial charge in [0.25, 0.3) is 0 Å². The molecule has 0 amide bonds. The van der Waals surface area contributed by atoms with Crippen molar-refractivity contribution >= 4 is 22.8 Å². The Morgan fingerprint density at radius 1 is 1.00 bits per heavy atom. The van der Waals surface area contributed by atoms with Crippen LogP contribution in [0.15, 0.2) is 55.2 Å². The summed E-state index contributed by atoms with van der Waals surface area (Å²) in [5.74, 6) is 7.41. The summed E-state index contributed by atoms with van der Waals surface area (Å²) in [5, 5.41) is 3.77. The molecule has 4 aromatic heterocycles. The van der Waals surface area contributed by atoms with E-state index in [4.69, 9.17) is 4.98 Å². The highest BCUT2D eigenvalue weighted by molar-refractivity contribution is 7.16. The molecule has 0 aliphatic heterocycles. The highest BCUT2D eigenvalue weighted by Gasteiger charge is 2.28. The average molecular weight is 430 g/mol. The van der Waals surface area contributed by atoms with Crippen LogP contribution in [0, 0.1) is 17.3 Å². The Morgan fingerprint density at radius 3 is 2.55 bits per heavy atom. The molecule has 4 heterocycles. The van der Waals surface area contributed by atoms with E-state index in [2.05, 4.69) is 78.3 Å². The summed E-state index contributed by atoms with van der Waals surface area (Å²) in [6, 6.07) is 8.00. The number of fused-ring (bicyclic) bond motifs is 1. The van der Waals surface area contributed by atoms with Gasteiger partial charge >= 0.3 is 0 Å². The summed E-state index contributed by atoms with van der Waals surface area (Å²) in [6.07, 6.45) is 10.1. The molecule has 0 aliphatic rings. The van der Waals surface area contributed by atoms with E-state index in [9.17, 15) is 0 Å². The fourth-order valence-electron chi connectivity index (χ4n) is 3.99. The third-order valence-corrected chi connectivity index (χ3v) is 5.70. The standard InChI is InChI=1S/C25H27N5S/c1-24(2,3)17-25(4,5)29-23-22(28-21-16-27-13-14-30(21)23)20-11-10-19(31-20)9-8-18-7-6-12-26-15-18/h6-7,10-16,29H,17H2,1-5H3. The lowest BCUT2D eigenvalue weighted by Crippen LogP contribution is -2.36. The Morgan fingerprint density at radius 2 is 1.81 bits per heavy atom. The molecule has 6 heteroatoms. The van der Waals surface area contributed by atoms with Crippen LogP contribution in [-0.2, 0) is 0 Å². The molecule has 0 spiro atoms. The predicted octanol–water partition coefficient (Wildman–Crippen LogP) is 5.88. The molecule has 0 fully saturated rings. The first-order valence-corrected chi connectivity index (χ1v) is 11.1. The van der Waals surface area contributed by atoms with Gasteiger partial charge in [-0.3, -0.25) is 14.4 Å². The van der Waals surface area contributed by atoms with Crippen LogP contribution in [0.5, 0.6) is 0 Å². The number of nitrogens with one attached hydrogen (secondary N) is 1. The van der Waals surface area contributed by atoms with E-state index in [-0.39, 0.29) is 11.0 Å². The van der Waals surface area contributed by atoms with Crippen LogP contribution in [0.25, 0.3) is 16.2 Å². The van der Waals surface area contributed by atoms with Crippen LogP contribution in [0.4, 0.5) is 5.82 Å². The third kappa shape index (κ3) is 5.12. The molecule has 0 aromatic carbocycles. The van der Waals surface area contributed by atoms with Gasteiger partial charge in [-0.05, 0) is 49.9 Å². The highest BCUT2D eigenvalue weighted by Crippen LogP contribution is 2.37. The molecule has 0 bridgehead atoms. The number of pyridine rings is 1. The first kappa shape index (κ1) is 21.1. The van der Waals surface area contributed by atoms with Gasteiger partial charge in [-0.1, -0.05) is 32.6 Å². The zero-order valence-electron chi connectivity index (χ0n) is 18.6. The fraction of sp³-hybridized carbons (Fsp3) is 0.320. The van der Waals surface area contributed by atoms with Gasteiger partial charge in [-0.25, -0.2) is 4.98 Å². The lowest BCUT2D eigenvalue weighted by atomic mass is 9.82. The van der Waals surface area contributed by atoms with Crippen LogP contribution in [0.3, 0.4) is 0 Å². The molecule has 0 atom stereocenters. The van der Waals surface area contributed by atoms with Crippen LogP contribution in [0.1, 0.15) is 51.5 Å². The Hall–Kier alpha value is -3.17. The quantitative estimate of drug-likeness (QED) is 0.412. The SMILES string of the molecule is CC(C)(C)CC(C)(C)Nc1c(-c2ccc(C#Cc3cccnc3)s2)nc2cnccn12. The maximum Gasteiger partial charge on any atom is 0.157 e. The number of aromatic nitrogens is 4. The smallest absolute Gasteiger partial charge is 0.157 e. The van der Waals surface area contributed by atoms with E-state index in [1.54, 1.807) is 36.1 Å². The number of nitrogens with zero attached hydrogens (tertiary/aromatic N) is 4. The Labute approximate surface area is 187 Å². The van der Waals surface area contributed by atoms with Gasteiger partial charge in [-0.2, -0.15) is 0 Å². The summed E-state index contributed by atoms with van der Waals surface area (Å²) < 4.78 is 2.08. The van der Waals surface area contributed by atoms with Gasteiger partial charge in [0.05, 0.1) is 16.0 Å². The molecule has 0 radical (unpaired) electrons. The van der Waals surface area contributed by atoms with Crippen molar-refractivity contribution < 1.29 is 0 Å². The van der Waals surface area contributed by atoms with Gasteiger partial charge < -0.3 is 5.32 Å². The van der Waals surface area contributed by atoms with Crippen molar-refractivity contribution in [2.24, 2.45) is 5.41 Å². The molecule has 0 saturated heterocycles. The van der Waals surface area contributed by atoms with Crippen molar-refractivity contribution in [3.05, 3.63) is 65.7 Å². The largest absolute Gasteiger partial charge is 0.364 e. The second-order valence-electron chi connectivity index (χ2n) is 9.52. The normalized spacial score (nSPS) is 11.9. The topological polar surface area (TPSA) is 55.1 Å². The molecular formula is C25H27N5S. The Balaban J connectivity index is 1.71. The first-order chi connectivity index (χ1) is 14.7. The maximum absolute atomic E-state index is 4.89. The van der Waals surface area contributed by atoms with Gasteiger partial charge in [0.1, 0.15) is 11.5 Å². The molecule has 4 rings (SSSR count). The molecule has 31 heavy (non-hydrogen) atoms. The lowest BCUT2D eigenvalue weighted by Gasteiger charge is -2.34. The molecule has 0 aliphatic carbocycles. The van der Waals surface area contributed by atoms with E-state index in [1.165, 1.54) is 0 Å². The highest BCUT2D eigenvalue weighted by atomic mass is 32.1. The molecule has 5 nitrogen and oxygen atoms in total. The van der Waals surface area contributed by atoms with Crippen molar-refractivity contribution in [3.63, 3.8) is 0 Å². The average Bonchev–Trinajstić information content (AvgIpc) is 3.30. The van der Waals surface area contributed by atoms with E-state index in [0.29, 0.717) is 0 Å². The van der Waals surface area contributed by atoms with Gasteiger partial charge in [0, 0.05) is 35.9 Å². The number of hydrogen-bond acceptors (Lipinski definition) is 5. The number of hydrogen-bond donors (Lipinski definition) is 1. The van der Waals surface area contributed by atoms with Gasteiger partial charge in [-0.15, -0.1) is 11.3 Å². The zero-order chi connectivity index (χ0) is 22.1. The molecule has 0 unspecified atom stereocenters. The summed E-state index contributed by atoms with van der Waals surface area (Å²) in [5.41, 5.74) is 2.75. The monoisotopic (exact) mass is 429 g/mol. The van der Waals surface area contributed by atoms with Crippen molar-refractivity contribution in [2.75, 3.05) is 5.32 Å². The predicted molar refractivity (Wildman–Crippen MR) is 128 cm³/mol. The zero-order valence-corrected chi connectivity index (χ0v) is 19.4. The van der Waals surface area contributed by atoms with Crippen molar-refractivity contribution in [2.45, 2.75) is 46.6 Å². The van der Waals surface area contributed by atoms with Gasteiger partial charge in [0.15, 0.2) is 5.65 Å². The van der Waals surface area contributed by atoms with Crippen molar-refractivity contribution in [1.29, 1.82) is 0 Å². The lowest BCUT2D eigenvalue weighted by molar-refractivity contribution is 0.302. The summed E-state index contributed by atoms with van der Waals surface area (Å²) in [4.78, 5) is 15.3. The number of imidazole rings is 1. The van der Waals surface area contributed by atoms with Crippen LogP contribution >= 0.6 is 11.3 Å². The minimum atomic E-state index is -0.105. The molecule has 1 N–H and O–H groups in total. The second kappa shape index (κ2) is 8.16. The number of rotatable bonds is 4. The van der Waals surface area contributed by atoms with Crippen LogP contribution in [0.2, 0.25) is 0 Å². The van der Waals surface area contributed by atoms with E-state index in [1.807, 2.05) is 18.3 Å². The Bertz CT molecular complexity index is 1250. The van der Waals surface area contributed by atoms with Crippen molar-refractivity contribution in [1.82, 2.24) is 19.4 Å². The Kier molecular flexibility index (Phi) is 5.55. The second-order valence-corrected chi connectivity index (χ2v) is 10.6. The van der Waals surface area contributed by atoms with Crippen LogP contribution < -0.4 is 5.32 Å². The molecule has 0 saturated carbocycles. The molecule has 158 valence electrons. The summed E-state index contributed by atoms with van der Waals surface area (Å²) in [7, 11) is 0. The van der Waals surface area contributed by atoms with E-state index >= 15 is 0 Å². The summed E-state index contributed by atoms with van der Waals surface area (Å²) in [6.45, 7) is 11.3. The van der Waals surface area contributed by atoms with Crippen LogP contribution in [-0.4, -0.2) is 24.9 Å².